The van der Waals surface area contributed by atoms with E-state index in [1.54, 1.807) is 0 Å². The smallest absolute Gasteiger partial charge is 0.0594 e. The second kappa shape index (κ2) is 3.95. The predicted molar refractivity (Wildman–Crippen MR) is 61.6 cm³/mol. The number of nitrogens with one attached hydrogen (secondary N) is 1. The largest absolute Gasteiger partial charge is 0.390 e. The summed E-state index contributed by atoms with van der Waals surface area (Å²) >= 11 is 0. The van der Waals surface area contributed by atoms with Gasteiger partial charge in [-0.3, -0.25) is 0 Å². The fourth-order valence-electron chi connectivity index (χ4n) is 1.95. The lowest BCUT2D eigenvalue weighted by Crippen LogP contribution is -2.19. The molecule has 0 fully saturated rings. The first-order chi connectivity index (χ1) is 7.04. The molecule has 1 aliphatic heterocycles. The molecule has 1 aromatic rings. The normalized spacial score (nSPS) is 15.4. The summed E-state index contributed by atoms with van der Waals surface area (Å²) in [5, 5.41) is 13.0. The third kappa shape index (κ3) is 2.80. The molecule has 15 heavy (non-hydrogen) atoms. The van der Waals surface area contributed by atoms with Crippen LogP contribution in [0.2, 0.25) is 0 Å². The average Bonchev–Trinajstić information content (AvgIpc) is 2.60. The second-order valence-corrected chi connectivity index (χ2v) is 5.02. The van der Waals surface area contributed by atoms with Crippen molar-refractivity contribution in [3.05, 3.63) is 34.9 Å². The number of fused-ring (bicyclic) bond motifs is 1. The van der Waals surface area contributed by atoms with Gasteiger partial charge in [0.05, 0.1) is 5.60 Å². The molecule has 0 atom stereocenters. The number of aryl methyl sites for hydroxylation is 1. The number of benzene rings is 1. The Morgan fingerprint density at radius 2 is 2.00 bits per heavy atom. The molecule has 0 saturated heterocycles. The Morgan fingerprint density at radius 3 is 2.73 bits per heavy atom. The minimum atomic E-state index is -0.558. The number of rotatable bonds is 3. The molecule has 1 aliphatic rings. The molecule has 0 amide bonds. The Labute approximate surface area is 91.3 Å². The van der Waals surface area contributed by atoms with Crippen LogP contribution >= 0.6 is 0 Å². The molecule has 2 rings (SSSR count). The Hall–Kier alpha value is -0.860. The second-order valence-electron chi connectivity index (χ2n) is 5.02. The van der Waals surface area contributed by atoms with Crippen LogP contribution in [-0.2, 0) is 19.5 Å². The quantitative estimate of drug-likeness (QED) is 0.791. The lowest BCUT2D eigenvalue weighted by molar-refractivity contribution is 0.0714. The molecule has 2 nitrogen and oxygen atoms in total. The van der Waals surface area contributed by atoms with Gasteiger partial charge in [-0.25, -0.2) is 0 Å². The Balaban J connectivity index is 2.04. The van der Waals surface area contributed by atoms with Crippen molar-refractivity contribution in [2.24, 2.45) is 0 Å². The van der Waals surface area contributed by atoms with Crippen LogP contribution in [0.4, 0.5) is 0 Å². The van der Waals surface area contributed by atoms with Gasteiger partial charge in [0, 0.05) is 13.1 Å². The molecule has 0 spiro atoms. The monoisotopic (exact) mass is 205 g/mol. The van der Waals surface area contributed by atoms with Gasteiger partial charge in [0.25, 0.3) is 0 Å². The van der Waals surface area contributed by atoms with E-state index in [0.717, 1.165) is 25.9 Å². The number of hydrogen-bond acceptors (Lipinski definition) is 2. The van der Waals surface area contributed by atoms with E-state index in [1.807, 2.05) is 13.8 Å². The zero-order valence-electron chi connectivity index (χ0n) is 9.51. The maximum absolute atomic E-state index is 9.66. The number of hydrogen-bond donors (Lipinski definition) is 2. The van der Waals surface area contributed by atoms with E-state index in [-0.39, 0.29) is 0 Å². The summed E-state index contributed by atoms with van der Waals surface area (Å²) in [6.07, 6.45) is 1.77. The van der Waals surface area contributed by atoms with Gasteiger partial charge < -0.3 is 10.4 Å². The highest BCUT2D eigenvalue weighted by molar-refractivity contribution is 5.34. The first-order valence-corrected chi connectivity index (χ1v) is 5.58. The van der Waals surface area contributed by atoms with E-state index in [2.05, 4.69) is 23.5 Å². The molecule has 1 heterocycles. The van der Waals surface area contributed by atoms with Crippen molar-refractivity contribution in [1.82, 2.24) is 5.32 Å². The van der Waals surface area contributed by atoms with Crippen LogP contribution < -0.4 is 5.32 Å². The van der Waals surface area contributed by atoms with Gasteiger partial charge in [-0.1, -0.05) is 18.2 Å². The van der Waals surface area contributed by atoms with E-state index in [1.165, 1.54) is 16.7 Å². The summed E-state index contributed by atoms with van der Waals surface area (Å²) in [7, 11) is 0. The summed E-state index contributed by atoms with van der Waals surface area (Å²) in [6, 6.07) is 6.65. The summed E-state index contributed by atoms with van der Waals surface area (Å²) in [4.78, 5) is 0. The molecule has 2 N–H and O–H groups in total. The minimum absolute atomic E-state index is 0.558. The van der Waals surface area contributed by atoms with E-state index in [0.29, 0.717) is 0 Å². The van der Waals surface area contributed by atoms with Crippen molar-refractivity contribution in [1.29, 1.82) is 0 Å². The Morgan fingerprint density at radius 1 is 1.27 bits per heavy atom. The Kier molecular flexibility index (Phi) is 2.81. The van der Waals surface area contributed by atoms with Crippen molar-refractivity contribution in [2.75, 3.05) is 0 Å². The molecule has 2 heteroatoms. The van der Waals surface area contributed by atoms with E-state index < -0.39 is 5.60 Å². The highest BCUT2D eigenvalue weighted by Crippen LogP contribution is 2.19. The van der Waals surface area contributed by atoms with Gasteiger partial charge in [0.1, 0.15) is 0 Å². The molecule has 82 valence electrons. The maximum Gasteiger partial charge on any atom is 0.0594 e. The molecule has 0 aromatic heterocycles. The lowest BCUT2D eigenvalue weighted by atomic mass is 9.97. The van der Waals surface area contributed by atoms with Crippen molar-refractivity contribution in [3.63, 3.8) is 0 Å². The molecular formula is C13H19NO. The van der Waals surface area contributed by atoms with Gasteiger partial charge in [0.2, 0.25) is 0 Å². The van der Waals surface area contributed by atoms with Gasteiger partial charge >= 0.3 is 0 Å². The fraction of sp³-hybridized carbons (Fsp3) is 0.538. The summed E-state index contributed by atoms with van der Waals surface area (Å²) in [6.45, 7) is 5.72. The topological polar surface area (TPSA) is 32.3 Å². The van der Waals surface area contributed by atoms with Crippen LogP contribution in [0.1, 0.15) is 37.0 Å². The highest BCUT2D eigenvalue weighted by atomic mass is 16.3. The van der Waals surface area contributed by atoms with Crippen molar-refractivity contribution >= 4 is 0 Å². The van der Waals surface area contributed by atoms with Crippen molar-refractivity contribution in [3.8, 4) is 0 Å². The Bertz CT molecular complexity index is 352. The van der Waals surface area contributed by atoms with Crippen LogP contribution in [0, 0.1) is 0 Å². The minimum Gasteiger partial charge on any atom is -0.390 e. The lowest BCUT2D eigenvalue weighted by Gasteiger charge is -2.16. The fourth-order valence-corrected chi connectivity index (χ4v) is 1.95. The predicted octanol–water partition coefficient (Wildman–Crippen LogP) is 1.99. The maximum atomic E-state index is 9.66. The first kappa shape index (κ1) is 10.7. The van der Waals surface area contributed by atoms with Gasteiger partial charge in [-0.2, -0.15) is 0 Å². The average molecular weight is 205 g/mol. The van der Waals surface area contributed by atoms with Gasteiger partial charge in [-0.15, -0.1) is 0 Å². The standard InChI is InChI=1S/C13H19NO/c1-13(2,15)6-5-10-3-4-11-8-14-9-12(11)7-10/h3-4,7,14-15H,5-6,8-9H2,1-2H3. The van der Waals surface area contributed by atoms with Gasteiger partial charge in [-0.05, 0) is 43.4 Å². The van der Waals surface area contributed by atoms with Crippen molar-refractivity contribution < 1.29 is 5.11 Å². The SMILES string of the molecule is CC(C)(O)CCc1ccc2c(c1)CNC2. The third-order valence-corrected chi connectivity index (χ3v) is 2.93. The molecule has 0 unspecified atom stereocenters. The van der Waals surface area contributed by atoms with Crippen LogP contribution in [0.25, 0.3) is 0 Å². The van der Waals surface area contributed by atoms with Crippen LogP contribution in [0.3, 0.4) is 0 Å². The van der Waals surface area contributed by atoms with Crippen molar-refractivity contribution in [2.45, 2.75) is 45.4 Å². The van der Waals surface area contributed by atoms with Gasteiger partial charge in [0.15, 0.2) is 0 Å². The zero-order valence-corrected chi connectivity index (χ0v) is 9.51. The van der Waals surface area contributed by atoms with E-state index in [9.17, 15) is 5.11 Å². The molecule has 0 radical (unpaired) electrons. The molecule has 0 aliphatic carbocycles. The molecule has 1 aromatic carbocycles. The molecule has 0 saturated carbocycles. The number of aliphatic hydroxyl groups is 1. The summed E-state index contributed by atoms with van der Waals surface area (Å²) in [5.74, 6) is 0. The zero-order chi connectivity index (χ0) is 10.9. The summed E-state index contributed by atoms with van der Waals surface area (Å²) < 4.78 is 0. The highest BCUT2D eigenvalue weighted by Gasteiger charge is 2.14. The molecule has 0 bridgehead atoms. The summed E-state index contributed by atoms with van der Waals surface area (Å²) in [5.41, 5.74) is 3.61. The third-order valence-electron chi connectivity index (χ3n) is 2.93. The van der Waals surface area contributed by atoms with Crippen LogP contribution in [0.5, 0.6) is 0 Å². The molecular weight excluding hydrogens is 186 g/mol. The van der Waals surface area contributed by atoms with E-state index >= 15 is 0 Å². The van der Waals surface area contributed by atoms with Crippen LogP contribution in [0.15, 0.2) is 18.2 Å². The first-order valence-electron chi connectivity index (χ1n) is 5.58. The van der Waals surface area contributed by atoms with Crippen LogP contribution in [-0.4, -0.2) is 10.7 Å². The van der Waals surface area contributed by atoms with E-state index in [4.69, 9.17) is 0 Å².